The number of amides is 1. The number of halogens is 2. The first-order valence-electron chi connectivity index (χ1n) is 6.97. The Kier molecular flexibility index (Phi) is 5.84. The average Bonchev–Trinajstić information content (AvgIpc) is 2.90. The molecule has 22 heavy (non-hydrogen) atoms. The number of fused-ring (bicyclic) bond motifs is 1. The summed E-state index contributed by atoms with van der Waals surface area (Å²) in [5.41, 5.74) is 7.31. The Hall–Kier alpha value is -1.30. The van der Waals surface area contributed by atoms with Crippen LogP contribution in [-0.2, 0) is 0 Å². The summed E-state index contributed by atoms with van der Waals surface area (Å²) in [5, 5.41) is 7.28. The number of rotatable bonds is 3. The average molecular weight is 345 g/mol. The van der Waals surface area contributed by atoms with Crippen LogP contribution in [0.1, 0.15) is 30.6 Å². The van der Waals surface area contributed by atoms with Crippen molar-refractivity contribution < 1.29 is 4.79 Å². The monoisotopic (exact) mass is 344 g/mol. The van der Waals surface area contributed by atoms with Gasteiger partial charge in [0.1, 0.15) is 0 Å². The molecule has 0 saturated heterocycles. The highest BCUT2D eigenvalue weighted by Crippen LogP contribution is 2.45. The van der Waals surface area contributed by atoms with Crippen molar-refractivity contribution in [2.45, 2.75) is 26.3 Å². The Morgan fingerprint density at radius 2 is 2.18 bits per heavy atom. The molecule has 122 valence electrons. The van der Waals surface area contributed by atoms with Gasteiger partial charge in [-0.2, -0.15) is 5.10 Å². The molecule has 1 saturated carbocycles. The first-order valence-corrected chi connectivity index (χ1v) is 6.97. The molecular weight excluding hydrogens is 323 g/mol. The summed E-state index contributed by atoms with van der Waals surface area (Å²) >= 11 is 0. The summed E-state index contributed by atoms with van der Waals surface area (Å²) < 4.78 is 1.71. The van der Waals surface area contributed by atoms with Gasteiger partial charge in [-0.3, -0.25) is 4.79 Å². The van der Waals surface area contributed by atoms with Crippen LogP contribution in [0, 0.1) is 11.3 Å². The molecule has 0 radical (unpaired) electrons. The highest BCUT2D eigenvalue weighted by molar-refractivity contribution is 6.00. The predicted octanol–water partition coefficient (Wildman–Crippen LogP) is 2.28. The largest absolute Gasteiger partial charge is 0.349 e. The van der Waals surface area contributed by atoms with Gasteiger partial charge >= 0.3 is 0 Å². The fourth-order valence-corrected chi connectivity index (χ4v) is 3.04. The lowest BCUT2D eigenvalue weighted by Crippen LogP contribution is -2.60. The predicted molar refractivity (Wildman–Crippen MR) is 91.9 cm³/mol. The summed E-state index contributed by atoms with van der Waals surface area (Å²) in [5.74, 6) is 0.447. The lowest BCUT2D eigenvalue weighted by Gasteiger charge is -2.52. The van der Waals surface area contributed by atoms with Crippen LogP contribution >= 0.6 is 24.8 Å². The molecule has 3 rings (SSSR count). The molecule has 7 heteroatoms. The minimum absolute atomic E-state index is 0. The first kappa shape index (κ1) is 18.7. The highest BCUT2D eigenvalue weighted by Gasteiger charge is 2.47. The lowest BCUT2D eigenvalue weighted by atomic mass is 9.58. The second-order valence-corrected chi connectivity index (χ2v) is 6.10. The zero-order valence-corrected chi connectivity index (χ0v) is 14.3. The van der Waals surface area contributed by atoms with Gasteiger partial charge in [-0.25, -0.2) is 4.52 Å². The molecule has 0 aromatic carbocycles. The SMILES string of the molecule is CC1(C)C(CN)CC1NC(=O)c1cccn2nccc12.Cl.Cl. The normalized spacial score (nSPS) is 22.1. The van der Waals surface area contributed by atoms with Crippen LogP contribution in [-0.4, -0.2) is 28.1 Å². The van der Waals surface area contributed by atoms with E-state index in [0.29, 0.717) is 18.0 Å². The van der Waals surface area contributed by atoms with Gasteiger partial charge in [0.15, 0.2) is 0 Å². The Morgan fingerprint density at radius 3 is 2.82 bits per heavy atom. The van der Waals surface area contributed by atoms with E-state index < -0.39 is 0 Å². The Morgan fingerprint density at radius 1 is 1.45 bits per heavy atom. The van der Waals surface area contributed by atoms with Crippen molar-refractivity contribution in [3.63, 3.8) is 0 Å². The summed E-state index contributed by atoms with van der Waals surface area (Å²) in [6.07, 6.45) is 4.49. The van der Waals surface area contributed by atoms with E-state index in [1.54, 1.807) is 10.7 Å². The van der Waals surface area contributed by atoms with Crippen molar-refractivity contribution in [3.05, 3.63) is 36.2 Å². The van der Waals surface area contributed by atoms with Gasteiger partial charge < -0.3 is 11.1 Å². The molecular formula is C15H22Cl2N4O. The third-order valence-corrected chi connectivity index (χ3v) is 4.74. The Labute approximate surface area is 142 Å². The maximum Gasteiger partial charge on any atom is 0.253 e. The topological polar surface area (TPSA) is 72.4 Å². The van der Waals surface area contributed by atoms with Crippen LogP contribution in [0.3, 0.4) is 0 Å². The number of carbonyl (C=O) groups is 1. The van der Waals surface area contributed by atoms with Gasteiger partial charge in [-0.1, -0.05) is 13.8 Å². The molecule has 5 nitrogen and oxygen atoms in total. The Balaban J connectivity index is 0.00000121. The van der Waals surface area contributed by atoms with E-state index in [9.17, 15) is 4.79 Å². The molecule has 2 aromatic rings. The lowest BCUT2D eigenvalue weighted by molar-refractivity contribution is 0.0200. The molecule has 2 atom stereocenters. The van der Waals surface area contributed by atoms with E-state index in [0.717, 1.165) is 11.9 Å². The molecule has 1 fully saturated rings. The van der Waals surface area contributed by atoms with Crippen molar-refractivity contribution >= 4 is 36.2 Å². The Bertz CT molecular complexity index is 656. The van der Waals surface area contributed by atoms with Crippen molar-refractivity contribution in [1.82, 2.24) is 14.9 Å². The first-order chi connectivity index (χ1) is 9.54. The van der Waals surface area contributed by atoms with Gasteiger partial charge in [0, 0.05) is 12.2 Å². The summed E-state index contributed by atoms with van der Waals surface area (Å²) in [6, 6.07) is 5.71. The second-order valence-electron chi connectivity index (χ2n) is 6.10. The van der Waals surface area contributed by atoms with Crippen LogP contribution in [0.15, 0.2) is 30.6 Å². The molecule has 2 heterocycles. The summed E-state index contributed by atoms with van der Waals surface area (Å²) in [6.45, 7) is 5.01. The number of aromatic nitrogens is 2. The van der Waals surface area contributed by atoms with Crippen LogP contribution in [0.25, 0.3) is 5.52 Å². The van der Waals surface area contributed by atoms with E-state index in [4.69, 9.17) is 5.73 Å². The smallest absolute Gasteiger partial charge is 0.253 e. The number of pyridine rings is 1. The molecule has 3 N–H and O–H groups in total. The number of nitrogens with two attached hydrogens (primary N) is 1. The van der Waals surface area contributed by atoms with Crippen molar-refractivity contribution in [2.24, 2.45) is 17.1 Å². The van der Waals surface area contributed by atoms with Crippen LogP contribution in [0.2, 0.25) is 0 Å². The summed E-state index contributed by atoms with van der Waals surface area (Å²) in [4.78, 5) is 12.5. The van der Waals surface area contributed by atoms with Crippen LogP contribution < -0.4 is 11.1 Å². The molecule has 0 bridgehead atoms. The zero-order valence-electron chi connectivity index (χ0n) is 12.7. The van der Waals surface area contributed by atoms with Crippen molar-refractivity contribution in [3.8, 4) is 0 Å². The van der Waals surface area contributed by atoms with Gasteiger partial charge in [0.05, 0.1) is 17.3 Å². The standard InChI is InChI=1S/C15H20N4O.2ClH/c1-15(2)10(9-16)8-13(15)18-14(20)11-4-3-7-19-12(11)5-6-17-19;;/h3-7,10,13H,8-9,16H2,1-2H3,(H,18,20);2*1H. The van der Waals surface area contributed by atoms with Crippen molar-refractivity contribution in [2.75, 3.05) is 6.54 Å². The molecule has 0 aliphatic heterocycles. The molecule has 2 aromatic heterocycles. The van der Waals surface area contributed by atoms with E-state index >= 15 is 0 Å². The number of nitrogens with zero attached hydrogens (tertiary/aromatic N) is 2. The maximum absolute atomic E-state index is 12.5. The second kappa shape index (κ2) is 6.86. The fourth-order valence-electron chi connectivity index (χ4n) is 3.04. The third kappa shape index (κ3) is 2.93. The van der Waals surface area contributed by atoms with E-state index in [-0.39, 0.29) is 42.2 Å². The highest BCUT2D eigenvalue weighted by atomic mass is 35.5. The minimum Gasteiger partial charge on any atom is -0.349 e. The molecule has 1 aliphatic rings. The summed E-state index contributed by atoms with van der Waals surface area (Å²) in [7, 11) is 0. The number of nitrogens with one attached hydrogen (secondary N) is 1. The van der Waals surface area contributed by atoms with E-state index in [1.165, 1.54) is 0 Å². The zero-order chi connectivity index (χ0) is 14.3. The quantitative estimate of drug-likeness (QED) is 0.896. The fraction of sp³-hybridized carbons (Fsp3) is 0.467. The molecule has 1 amide bonds. The number of hydrogen-bond donors (Lipinski definition) is 2. The van der Waals surface area contributed by atoms with Gasteiger partial charge in [-0.05, 0) is 42.5 Å². The third-order valence-electron chi connectivity index (χ3n) is 4.74. The van der Waals surface area contributed by atoms with Gasteiger partial charge in [-0.15, -0.1) is 24.8 Å². The van der Waals surface area contributed by atoms with Gasteiger partial charge in [0.25, 0.3) is 5.91 Å². The maximum atomic E-state index is 12.5. The minimum atomic E-state index is -0.0374. The number of hydrogen-bond acceptors (Lipinski definition) is 3. The molecule has 0 spiro atoms. The van der Waals surface area contributed by atoms with Crippen LogP contribution in [0.4, 0.5) is 0 Å². The van der Waals surface area contributed by atoms with Gasteiger partial charge in [0.2, 0.25) is 0 Å². The van der Waals surface area contributed by atoms with E-state index in [2.05, 4.69) is 24.3 Å². The van der Waals surface area contributed by atoms with Crippen molar-refractivity contribution in [1.29, 1.82) is 0 Å². The van der Waals surface area contributed by atoms with E-state index in [1.807, 2.05) is 24.4 Å². The molecule has 1 aliphatic carbocycles. The molecule has 2 unspecified atom stereocenters. The van der Waals surface area contributed by atoms with Crippen LogP contribution in [0.5, 0.6) is 0 Å². The number of carbonyl (C=O) groups excluding carboxylic acids is 1.